The van der Waals surface area contributed by atoms with E-state index in [0.29, 0.717) is 5.69 Å². The van der Waals surface area contributed by atoms with Crippen LogP contribution in [0.25, 0.3) is 22.3 Å². The molecule has 0 bridgehead atoms. The van der Waals surface area contributed by atoms with Crippen LogP contribution in [0.15, 0.2) is 48.7 Å². The summed E-state index contributed by atoms with van der Waals surface area (Å²) in [4.78, 5) is 8.90. The molecule has 1 aromatic carbocycles. The first-order valence-corrected chi connectivity index (χ1v) is 7.07. The lowest BCUT2D eigenvalue weighted by Crippen LogP contribution is -2.10. The zero-order chi connectivity index (χ0) is 15.0. The van der Waals surface area contributed by atoms with Gasteiger partial charge in [0.1, 0.15) is 0 Å². The van der Waals surface area contributed by atoms with Gasteiger partial charge in [0.2, 0.25) is 0 Å². The zero-order valence-electron chi connectivity index (χ0n) is 12.6. The number of anilines is 1. The molecule has 0 amide bonds. The normalized spacial score (nSPS) is 11.8. The van der Waals surface area contributed by atoms with Crippen molar-refractivity contribution in [3.8, 4) is 11.3 Å². The number of nitrogen functional groups attached to an aromatic ring is 1. The Morgan fingerprint density at radius 2 is 1.71 bits per heavy atom. The number of pyridine rings is 2. The number of hydrogen-bond acceptors (Lipinski definition) is 3. The number of hydrogen-bond donors (Lipinski definition) is 1. The Morgan fingerprint density at radius 1 is 1.00 bits per heavy atom. The van der Waals surface area contributed by atoms with Crippen LogP contribution in [0.5, 0.6) is 0 Å². The maximum atomic E-state index is 6.15. The van der Waals surface area contributed by atoms with E-state index >= 15 is 0 Å². The number of fused-ring (bicyclic) bond motifs is 1. The molecule has 0 spiro atoms. The van der Waals surface area contributed by atoms with Gasteiger partial charge < -0.3 is 5.73 Å². The van der Waals surface area contributed by atoms with Crippen LogP contribution < -0.4 is 5.73 Å². The van der Waals surface area contributed by atoms with Crippen LogP contribution in [0.3, 0.4) is 0 Å². The van der Waals surface area contributed by atoms with Gasteiger partial charge in [0.15, 0.2) is 5.65 Å². The van der Waals surface area contributed by atoms with E-state index in [1.165, 1.54) is 5.56 Å². The summed E-state index contributed by atoms with van der Waals surface area (Å²) in [5.41, 5.74) is 10.8. The third-order valence-electron chi connectivity index (χ3n) is 3.64. The SMILES string of the molecule is CC(C)(C)c1ccc(-c2nc3ncccc3cc2N)cc1. The van der Waals surface area contributed by atoms with Gasteiger partial charge in [-0.15, -0.1) is 0 Å². The molecule has 0 atom stereocenters. The lowest BCUT2D eigenvalue weighted by molar-refractivity contribution is 0.590. The molecular weight excluding hydrogens is 258 g/mol. The van der Waals surface area contributed by atoms with Crippen LogP contribution >= 0.6 is 0 Å². The third-order valence-corrected chi connectivity index (χ3v) is 3.64. The minimum absolute atomic E-state index is 0.141. The molecule has 2 N–H and O–H groups in total. The molecule has 0 saturated heterocycles. The van der Waals surface area contributed by atoms with Crippen molar-refractivity contribution in [2.75, 3.05) is 5.73 Å². The van der Waals surface area contributed by atoms with Gasteiger partial charge in [-0.3, -0.25) is 0 Å². The Kier molecular flexibility index (Phi) is 3.13. The highest BCUT2D eigenvalue weighted by Gasteiger charge is 2.14. The van der Waals surface area contributed by atoms with Gasteiger partial charge in [-0.2, -0.15) is 0 Å². The van der Waals surface area contributed by atoms with Gasteiger partial charge in [-0.05, 0) is 29.2 Å². The standard InChI is InChI=1S/C18H19N3/c1-18(2,3)14-8-6-12(7-9-14)16-15(19)11-13-5-4-10-20-17(13)21-16/h4-11H,19H2,1-3H3. The predicted molar refractivity (Wildman–Crippen MR) is 88.1 cm³/mol. The van der Waals surface area contributed by atoms with Crippen LogP contribution in [-0.2, 0) is 5.41 Å². The van der Waals surface area contributed by atoms with Crippen molar-refractivity contribution in [3.63, 3.8) is 0 Å². The summed E-state index contributed by atoms with van der Waals surface area (Å²) in [7, 11) is 0. The van der Waals surface area contributed by atoms with E-state index in [1.54, 1.807) is 6.20 Å². The van der Waals surface area contributed by atoms with E-state index in [4.69, 9.17) is 5.73 Å². The van der Waals surface area contributed by atoms with Gasteiger partial charge in [-0.25, -0.2) is 9.97 Å². The van der Waals surface area contributed by atoms with Crippen LogP contribution in [-0.4, -0.2) is 9.97 Å². The van der Waals surface area contributed by atoms with Crippen LogP contribution in [0.1, 0.15) is 26.3 Å². The lowest BCUT2D eigenvalue weighted by Gasteiger charge is -2.19. The molecule has 2 heterocycles. The maximum Gasteiger partial charge on any atom is 0.159 e. The lowest BCUT2D eigenvalue weighted by atomic mass is 9.86. The van der Waals surface area contributed by atoms with Crippen molar-refractivity contribution >= 4 is 16.7 Å². The molecule has 0 saturated carbocycles. The quantitative estimate of drug-likeness (QED) is 0.726. The number of rotatable bonds is 1. The Morgan fingerprint density at radius 3 is 2.38 bits per heavy atom. The first-order chi connectivity index (χ1) is 9.95. The highest BCUT2D eigenvalue weighted by molar-refractivity contribution is 5.85. The minimum Gasteiger partial charge on any atom is -0.397 e. The first-order valence-electron chi connectivity index (χ1n) is 7.07. The van der Waals surface area contributed by atoms with E-state index in [-0.39, 0.29) is 5.41 Å². The molecule has 0 fully saturated rings. The van der Waals surface area contributed by atoms with Crippen molar-refractivity contribution < 1.29 is 0 Å². The molecule has 2 aromatic heterocycles. The molecule has 21 heavy (non-hydrogen) atoms. The molecule has 0 unspecified atom stereocenters. The Labute approximate surface area is 124 Å². The second-order valence-corrected chi connectivity index (χ2v) is 6.30. The summed E-state index contributed by atoms with van der Waals surface area (Å²) < 4.78 is 0. The summed E-state index contributed by atoms with van der Waals surface area (Å²) in [5.74, 6) is 0. The summed E-state index contributed by atoms with van der Waals surface area (Å²) in [6, 6.07) is 14.2. The van der Waals surface area contributed by atoms with E-state index in [9.17, 15) is 0 Å². The average Bonchev–Trinajstić information content (AvgIpc) is 2.46. The molecule has 3 aromatic rings. The Balaban J connectivity index is 2.09. The molecular formula is C18H19N3. The van der Waals surface area contributed by atoms with Crippen LogP contribution in [0.2, 0.25) is 0 Å². The van der Waals surface area contributed by atoms with Crippen molar-refractivity contribution in [2.45, 2.75) is 26.2 Å². The summed E-state index contributed by atoms with van der Waals surface area (Å²) in [6.07, 6.45) is 1.75. The molecule has 0 aliphatic rings. The fourth-order valence-corrected chi connectivity index (χ4v) is 2.38. The van der Waals surface area contributed by atoms with Crippen molar-refractivity contribution in [3.05, 3.63) is 54.2 Å². The largest absolute Gasteiger partial charge is 0.397 e. The van der Waals surface area contributed by atoms with Crippen molar-refractivity contribution in [2.24, 2.45) is 0 Å². The summed E-state index contributed by atoms with van der Waals surface area (Å²) in [5, 5.41) is 0.963. The monoisotopic (exact) mass is 277 g/mol. The summed E-state index contributed by atoms with van der Waals surface area (Å²) >= 11 is 0. The fraction of sp³-hybridized carbons (Fsp3) is 0.222. The second-order valence-electron chi connectivity index (χ2n) is 6.30. The molecule has 3 nitrogen and oxygen atoms in total. The Bertz CT molecular complexity index is 784. The van der Waals surface area contributed by atoms with E-state index < -0.39 is 0 Å². The molecule has 0 aliphatic carbocycles. The molecule has 0 aliphatic heterocycles. The second kappa shape index (κ2) is 4.85. The number of aromatic nitrogens is 2. The smallest absolute Gasteiger partial charge is 0.159 e. The first kappa shape index (κ1) is 13.6. The molecule has 3 rings (SSSR count). The van der Waals surface area contributed by atoms with Crippen molar-refractivity contribution in [1.29, 1.82) is 0 Å². The predicted octanol–water partition coefficient (Wildman–Crippen LogP) is 4.18. The topological polar surface area (TPSA) is 51.8 Å². The zero-order valence-corrected chi connectivity index (χ0v) is 12.6. The average molecular weight is 277 g/mol. The fourth-order valence-electron chi connectivity index (χ4n) is 2.38. The van der Waals surface area contributed by atoms with Gasteiger partial charge in [0.05, 0.1) is 11.4 Å². The minimum atomic E-state index is 0.141. The third kappa shape index (κ3) is 2.59. The Hall–Kier alpha value is -2.42. The molecule has 0 radical (unpaired) electrons. The van der Waals surface area contributed by atoms with Gasteiger partial charge in [-0.1, -0.05) is 45.0 Å². The number of benzene rings is 1. The summed E-state index contributed by atoms with van der Waals surface area (Å²) in [6.45, 7) is 6.61. The van der Waals surface area contributed by atoms with Crippen molar-refractivity contribution in [1.82, 2.24) is 9.97 Å². The number of nitrogens with two attached hydrogens (primary N) is 1. The van der Waals surface area contributed by atoms with Crippen LogP contribution in [0, 0.1) is 0 Å². The molecule has 106 valence electrons. The van der Waals surface area contributed by atoms with E-state index in [2.05, 4.69) is 55.0 Å². The highest BCUT2D eigenvalue weighted by Crippen LogP contribution is 2.29. The highest BCUT2D eigenvalue weighted by atomic mass is 14.9. The van der Waals surface area contributed by atoms with E-state index in [0.717, 1.165) is 22.3 Å². The molecule has 3 heteroatoms. The van der Waals surface area contributed by atoms with Crippen LogP contribution in [0.4, 0.5) is 5.69 Å². The van der Waals surface area contributed by atoms with Gasteiger partial charge in [0, 0.05) is 17.1 Å². The maximum absolute atomic E-state index is 6.15. The number of nitrogens with zero attached hydrogens (tertiary/aromatic N) is 2. The van der Waals surface area contributed by atoms with E-state index in [1.807, 2.05) is 18.2 Å². The van der Waals surface area contributed by atoms with Gasteiger partial charge in [0.25, 0.3) is 0 Å². The van der Waals surface area contributed by atoms with Gasteiger partial charge >= 0.3 is 0 Å².